The van der Waals surface area contributed by atoms with Crippen LogP contribution in [0.2, 0.25) is 0 Å². The Balaban J connectivity index is 1.45. The number of amides is 1. The Bertz CT molecular complexity index is 938. The van der Waals surface area contributed by atoms with Gasteiger partial charge in [-0.2, -0.15) is 0 Å². The normalized spacial score (nSPS) is 16.1. The molecule has 2 N–H and O–H groups in total. The van der Waals surface area contributed by atoms with Crippen LogP contribution in [0.5, 0.6) is 0 Å². The predicted octanol–water partition coefficient (Wildman–Crippen LogP) is 5.41. The SMILES string of the molecule is Nc1cccc(-c2ccc(C3CCCN3C(=O)OCc3ccccc3)cc2)c1. The summed E-state index contributed by atoms with van der Waals surface area (Å²) in [4.78, 5) is 14.5. The molecule has 1 amide bonds. The molecular weight excluding hydrogens is 348 g/mol. The number of hydrogen-bond donors (Lipinski definition) is 1. The van der Waals surface area contributed by atoms with Crippen molar-refractivity contribution < 1.29 is 9.53 Å². The molecule has 3 aromatic carbocycles. The maximum Gasteiger partial charge on any atom is 0.410 e. The molecule has 1 aliphatic rings. The molecule has 0 aliphatic carbocycles. The average molecular weight is 372 g/mol. The number of nitrogens with zero attached hydrogens (tertiary/aromatic N) is 1. The highest BCUT2D eigenvalue weighted by Gasteiger charge is 2.31. The van der Waals surface area contributed by atoms with Gasteiger partial charge in [-0.15, -0.1) is 0 Å². The van der Waals surface area contributed by atoms with Gasteiger partial charge in [0.15, 0.2) is 0 Å². The lowest BCUT2D eigenvalue weighted by atomic mass is 9.99. The first-order valence-corrected chi connectivity index (χ1v) is 9.64. The largest absolute Gasteiger partial charge is 0.445 e. The molecule has 0 radical (unpaired) electrons. The second-order valence-corrected chi connectivity index (χ2v) is 7.14. The third-order valence-corrected chi connectivity index (χ3v) is 5.21. The fourth-order valence-corrected chi connectivity index (χ4v) is 3.75. The highest BCUT2D eigenvalue weighted by molar-refractivity contribution is 5.70. The van der Waals surface area contributed by atoms with Crippen LogP contribution in [0, 0.1) is 0 Å². The third-order valence-electron chi connectivity index (χ3n) is 5.21. The first-order chi connectivity index (χ1) is 13.7. The number of nitrogen functional groups attached to an aromatic ring is 1. The molecule has 0 bridgehead atoms. The van der Waals surface area contributed by atoms with E-state index in [0.717, 1.165) is 47.3 Å². The fourth-order valence-electron chi connectivity index (χ4n) is 3.75. The molecule has 1 unspecified atom stereocenters. The van der Waals surface area contributed by atoms with Gasteiger partial charge in [-0.3, -0.25) is 0 Å². The molecule has 0 aromatic heterocycles. The number of benzene rings is 3. The number of ether oxygens (including phenoxy) is 1. The number of anilines is 1. The lowest BCUT2D eigenvalue weighted by molar-refractivity contribution is 0.0921. The van der Waals surface area contributed by atoms with Gasteiger partial charge < -0.3 is 15.4 Å². The van der Waals surface area contributed by atoms with Crippen molar-refractivity contribution in [3.8, 4) is 11.1 Å². The van der Waals surface area contributed by atoms with E-state index in [1.807, 2.05) is 59.5 Å². The van der Waals surface area contributed by atoms with Crippen molar-refractivity contribution in [2.45, 2.75) is 25.5 Å². The lowest BCUT2D eigenvalue weighted by Crippen LogP contribution is -2.31. The third kappa shape index (κ3) is 4.01. The summed E-state index contributed by atoms with van der Waals surface area (Å²) in [7, 11) is 0. The zero-order valence-corrected chi connectivity index (χ0v) is 15.8. The Labute approximate surface area is 165 Å². The second kappa shape index (κ2) is 8.17. The zero-order valence-electron chi connectivity index (χ0n) is 15.8. The van der Waals surface area contributed by atoms with E-state index in [1.54, 1.807) is 0 Å². The summed E-state index contributed by atoms with van der Waals surface area (Å²) in [5.41, 5.74) is 11.0. The molecule has 0 saturated carbocycles. The summed E-state index contributed by atoms with van der Waals surface area (Å²) in [6, 6.07) is 26.1. The van der Waals surface area contributed by atoms with E-state index in [-0.39, 0.29) is 12.1 Å². The van der Waals surface area contributed by atoms with E-state index < -0.39 is 0 Å². The Morgan fingerprint density at radius 2 is 1.75 bits per heavy atom. The molecule has 4 nitrogen and oxygen atoms in total. The van der Waals surface area contributed by atoms with E-state index in [9.17, 15) is 4.79 Å². The van der Waals surface area contributed by atoms with Crippen molar-refractivity contribution in [2.75, 3.05) is 12.3 Å². The number of nitrogens with two attached hydrogens (primary N) is 1. The number of likely N-dealkylation sites (tertiary alicyclic amines) is 1. The molecular formula is C24H24N2O2. The molecule has 1 fully saturated rings. The van der Waals surface area contributed by atoms with Crippen LogP contribution in [-0.2, 0) is 11.3 Å². The van der Waals surface area contributed by atoms with E-state index in [1.165, 1.54) is 0 Å². The van der Waals surface area contributed by atoms with Gasteiger partial charge in [0.05, 0.1) is 6.04 Å². The van der Waals surface area contributed by atoms with Crippen LogP contribution in [0.15, 0.2) is 78.9 Å². The molecule has 4 rings (SSSR count). The molecule has 3 aromatic rings. The van der Waals surface area contributed by atoms with Gasteiger partial charge >= 0.3 is 6.09 Å². The zero-order chi connectivity index (χ0) is 19.3. The minimum absolute atomic E-state index is 0.0677. The number of hydrogen-bond acceptors (Lipinski definition) is 3. The van der Waals surface area contributed by atoms with Gasteiger partial charge in [0.2, 0.25) is 0 Å². The van der Waals surface area contributed by atoms with Crippen molar-refractivity contribution >= 4 is 11.8 Å². The van der Waals surface area contributed by atoms with Crippen molar-refractivity contribution in [1.29, 1.82) is 0 Å². The predicted molar refractivity (Wildman–Crippen MR) is 112 cm³/mol. The Morgan fingerprint density at radius 1 is 0.964 bits per heavy atom. The molecule has 1 saturated heterocycles. The summed E-state index contributed by atoms with van der Waals surface area (Å²) in [5.74, 6) is 0. The van der Waals surface area contributed by atoms with Crippen LogP contribution in [0.25, 0.3) is 11.1 Å². The van der Waals surface area contributed by atoms with E-state index in [4.69, 9.17) is 10.5 Å². The fraction of sp³-hybridized carbons (Fsp3) is 0.208. The Kier molecular flexibility index (Phi) is 5.29. The van der Waals surface area contributed by atoms with Crippen molar-refractivity contribution in [1.82, 2.24) is 4.90 Å². The van der Waals surface area contributed by atoms with Crippen LogP contribution >= 0.6 is 0 Å². The Hall–Kier alpha value is -3.27. The van der Waals surface area contributed by atoms with Gasteiger partial charge in [-0.25, -0.2) is 4.79 Å². The van der Waals surface area contributed by atoms with Crippen LogP contribution in [-0.4, -0.2) is 17.5 Å². The number of carbonyl (C=O) groups excluding carboxylic acids is 1. The van der Waals surface area contributed by atoms with Gasteiger partial charge in [0.25, 0.3) is 0 Å². The molecule has 1 atom stereocenters. The topological polar surface area (TPSA) is 55.6 Å². The molecule has 28 heavy (non-hydrogen) atoms. The number of rotatable bonds is 4. The quantitative estimate of drug-likeness (QED) is 0.623. The molecule has 1 heterocycles. The molecule has 1 aliphatic heterocycles. The molecule has 142 valence electrons. The summed E-state index contributed by atoms with van der Waals surface area (Å²) in [6.45, 7) is 1.03. The maximum atomic E-state index is 12.6. The lowest BCUT2D eigenvalue weighted by Gasteiger charge is -2.24. The smallest absolute Gasteiger partial charge is 0.410 e. The number of carbonyl (C=O) groups is 1. The summed E-state index contributed by atoms with van der Waals surface area (Å²) >= 11 is 0. The first kappa shape index (κ1) is 18.1. The van der Waals surface area contributed by atoms with Crippen LogP contribution in [0.1, 0.15) is 30.0 Å². The standard InChI is InChI=1S/C24H24N2O2/c25-22-9-4-8-21(16-22)19-11-13-20(14-12-19)23-10-5-15-26(23)24(27)28-17-18-6-2-1-3-7-18/h1-4,6-9,11-14,16,23H,5,10,15,17,25H2. The minimum atomic E-state index is -0.244. The monoisotopic (exact) mass is 372 g/mol. The van der Waals surface area contributed by atoms with Gasteiger partial charge in [-0.1, -0.05) is 66.7 Å². The van der Waals surface area contributed by atoms with E-state index in [0.29, 0.717) is 6.61 Å². The average Bonchev–Trinajstić information content (AvgIpc) is 3.23. The van der Waals surface area contributed by atoms with Crippen molar-refractivity contribution in [3.05, 3.63) is 90.0 Å². The minimum Gasteiger partial charge on any atom is -0.445 e. The summed E-state index contributed by atoms with van der Waals surface area (Å²) in [6.07, 6.45) is 1.70. The summed E-state index contributed by atoms with van der Waals surface area (Å²) < 4.78 is 5.54. The highest BCUT2D eigenvalue weighted by atomic mass is 16.6. The first-order valence-electron chi connectivity index (χ1n) is 9.64. The molecule has 4 heteroatoms. The Morgan fingerprint density at radius 3 is 2.50 bits per heavy atom. The van der Waals surface area contributed by atoms with Crippen LogP contribution < -0.4 is 5.73 Å². The molecule has 0 spiro atoms. The summed E-state index contributed by atoms with van der Waals surface area (Å²) in [5, 5.41) is 0. The van der Waals surface area contributed by atoms with Crippen LogP contribution in [0.4, 0.5) is 10.5 Å². The van der Waals surface area contributed by atoms with E-state index in [2.05, 4.69) is 24.3 Å². The maximum absolute atomic E-state index is 12.6. The van der Waals surface area contributed by atoms with Gasteiger partial charge in [0.1, 0.15) is 6.61 Å². The van der Waals surface area contributed by atoms with Crippen LogP contribution in [0.3, 0.4) is 0 Å². The van der Waals surface area contributed by atoms with E-state index >= 15 is 0 Å². The van der Waals surface area contributed by atoms with Crippen molar-refractivity contribution in [3.63, 3.8) is 0 Å². The van der Waals surface area contributed by atoms with Gasteiger partial charge in [-0.05, 0) is 47.2 Å². The van der Waals surface area contributed by atoms with Crippen molar-refractivity contribution in [2.24, 2.45) is 0 Å². The second-order valence-electron chi connectivity index (χ2n) is 7.14. The highest BCUT2D eigenvalue weighted by Crippen LogP contribution is 2.34. The van der Waals surface area contributed by atoms with Gasteiger partial charge in [0, 0.05) is 12.2 Å².